The number of nitrogens with zero attached hydrogens (tertiary/aromatic N) is 4. The maximum absolute atomic E-state index is 9.17. The third-order valence-corrected chi connectivity index (χ3v) is 5.26. The lowest BCUT2D eigenvalue weighted by molar-refractivity contribution is 1.29. The molecule has 0 fully saturated rings. The molecule has 5 nitrogen and oxygen atoms in total. The average Bonchev–Trinajstić information content (AvgIpc) is 2.87. The Morgan fingerprint density at radius 2 is 1.52 bits per heavy atom. The first kappa shape index (κ1) is 18.2. The first-order chi connectivity index (χ1) is 11.0. The van der Waals surface area contributed by atoms with Crippen molar-refractivity contribution in [2.24, 2.45) is 5.73 Å². The maximum atomic E-state index is 9.17. The Bertz CT molecular complexity index is 811. The Labute approximate surface area is 143 Å². The molecule has 0 aliphatic carbocycles. The van der Waals surface area contributed by atoms with E-state index in [4.69, 9.17) is 21.5 Å². The predicted molar refractivity (Wildman–Crippen MR) is 91.5 cm³/mol. The maximum Gasteiger partial charge on any atom is 0.153 e. The molecule has 0 aromatic carbocycles. The second-order valence-electron chi connectivity index (χ2n) is 4.22. The molecular formula is C16H11N5S2. The summed E-state index contributed by atoms with van der Waals surface area (Å²) in [4.78, 5) is 2.42. The Morgan fingerprint density at radius 3 is 1.96 bits per heavy atom. The first-order valence-electron chi connectivity index (χ1n) is 6.24. The van der Waals surface area contributed by atoms with Crippen LogP contribution in [0.3, 0.4) is 0 Å². The van der Waals surface area contributed by atoms with Gasteiger partial charge in [-0.25, -0.2) is 0 Å². The number of hydrogen-bond donors (Lipinski definition) is 1. The lowest BCUT2D eigenvalue weighted by Gasteiger charge is -1.98. The van der Waals surface area contributed by atoms with Crippen LogP contribution in [0.4, 0.5) is 0 Å². The van der Waals surface area contributed by atoms with E-state index in [2.05, 4.69) is 0 Å². The second-order valence-corrected chi connectivity index (χ2v) is 6.99. The number of allylic oxidation sites excluding steroid dienone is 8. The Balaban J connectivity index is 3.15. The molecular weight excluding hydrogens is 326 g/mol. The van der Waals surface area contributed by atoms with Crippen LogP contribution in [-0.2, 0) is 0 Å². The summed E-state index contributed by atoms with van der Waals surface area (Å²) in [5, 5.41) is 35.8. The van der Waals surface area contributed by atoms with Gasteiger partial charge in [-0.15, -0.1) is 0 Å². The summed E-state index contributed by atoms with van der Waals surface area (Å²) in [7, 11) is 0. The lowest BCUT2D eigenvalue weighted by Crippen LogP contribution is -2.03. The van der Waals surface area contributed by atoms with Crippen molar-refractivity contribution in [3.05, 3.63) is 54.7 Å². The molecule has 0 amide bonds. The van der Waals surface area contributed by atoms with Crippen LogP contribution < -0.4 is 5.73 Å². The molecule has 0 radical (unpaired) electrons. The topological polar surface area (TPSA) is 121 Å². The van der Waals surface area contributed by atoms with Crippen LogP contribution in [0, 0.1) is 45.3 Å². The fourth-order valence-electron chi connectivity index (χ4n) is 1.42. The van der Waals surface area contributed by atoms with Crippen LogP contribution in [0.15, 0.2) is 54.7 Å². The van der Waals surface area contributed by atoms with E-state index in [1.54, 1.807) is 53.9 Å². The van der Waals surface area contributed by atoms with Crippen molar-refractivity contribution in [2.45, 2.75) is 13.8 Å². The smallest absolute Gasteiger partial charge is 0.153 e. The minimum Gasteiger partial charge on any atom is -0.396 e. The molecule has 0 atom stereocenters. The van der Waals surface area contributed by atoms with Crippen molar-refractivity contribution in [3.63, 3.8) is 0 Å². The van der Waals surface area contributed by atoms with E-state index >= 15 is 0 Å². The zero-order valence-electron chi connectivity index (χ0n) is 12.4. The molecule has 112 valence electrons. The normalized spacial score (nSPS) is 14.4. The number of rotatable bonds is 3. The summed E-state index contributed by atoms with van der Waals surface area (Å²) in [5.41, 5.74) is 5.15. The van der Waals surface area contributed by atoms with Gasteiger partial charge in [0.2, 0.25) is 0 Å². The third-order valence-electron chi connectivity index (χ3n) is 2.73. The van der Waals surface area contributed by atoms with Gasteiger partial charge in [0.1, 0.15) is 18.2 Å². The zero-order chi connectivity index (χ0) is 17.4. The highest BCUT2D eigenvalue weighted by atomic mass is 32.2. The minimum atomic E-state index is -0.356. The van der Waals surface area contributed by atoms with Gasteiger partial charge in [-0.05, 0) is 41.9 Å². The quantitative estimate of drug-likeness (QED) is 0.615. The largest absolute Gasteiger partial charge is 0.396 e. The van der Waals surface area contributed by atoms with Crippen LogP contribution in [0.25, 0.3) is 0 Å². The van der Waals surface area contributed by atoms with E-state index < -0.39 is 0 Å². The van der Waals surface area contributed by atoms with Crippen molar-refractivity contribution in [3.8, 4) is 24.3 Å². The molecule has 0 saturated heterocycles. The molecule has 0 aromatic heterocycles. The van der Waals surface area contributed by atoms with Gasteiger partial charge in [0, 0.05) is 4.24 Å². The van der Waals surface area contributed by atoms with Crippen LogP contribution in [0.2, 0.25) is 0 Å². The van der Waals surface area contributed by atoms with E-state index in [0.29, 0.717) is 0 Å². The number of hydrogen-bond acceptors (Lipinski definition) is 7. The van der Waals surface area contributed by atoms with Gasteiger partial charge in [-0.3, -0.25) is 0 Å². The highest BCUT2D eigenvalue weighted by molar-refractivity contribution is 8.28. The number of thioether (sulfide) groups is 2. The highest BCUT2D eigenvalue weighted by Gasteiger charge is 2.13. The second kappa shape index (κ2) is 8.57. The van der Waals surface area contributed by atoms with E-state index in [-0.39, 0.29) is 22.4 Å². The molecule has 0 bridgehead atoms. The first-order valence-corrected chi connectivity index (χ1v) is 7.87. The molecule has 7 heteroatoms. The SMILES string of the molecule is CC1=C(C)SC(=C/C=C(C#N)/C=C(\C#N)C(N)=C(C#N)C#N)S1. The standard InChI is InChI=1S/C16H11N5S2/c1-10-11(2)23-15(22-10)4-3-12(6-17)5-13(7-18)16(21)14(8-19)9-20/h3-5H,21H2,1-2H3/b12-3-,13-5+. The molecule has 2 N–H and O–H groups in total. The average molecular weight is 337 g/mol. The highest BCUT2D eigenvalue weighted by Crippen LogP contribution is 2.48. The predicted octanol–water partition coefficient (Wildman–Crippen LogP) is 3.72. The van der Waals surface area contributed by atoms with Crippen molar-refractivity contribution in [1.82, 2.24) is 0 Å². The van der Waals surface area contributed by atoms with Crippen LogP contribution in [-0.4, -0.2) is 0 Å². The fraction of sp³-hybridized carbons (Fsp3) is 0.125. The van der Waals surface area contributed by atoms with Crippen molar-refractivity contribution < 1.29 is 0 Å². The van der Waals surface area contributed by atoms with Crippen molar-refractivity contribution in [1.29, 1.82) is 21.0 Å². The van der Waals surface area contributed by atoms with E-state index in [1.165, 1.54) is 15.9 Å². The van der Waals surface area contributed by atoms with Crippen LogP contribution in [0.5, 0.6) is 0 Å². The van der Waals surface area contributed by atoms with Gasteiger partial charge in [-0.2, -0.15) is 21.0 Å². The van der Waals surface area contributed by atoms with Gasteiger partial charge >= 0.3 is 0 Å². The Hall–Kier alpha value is -2.84. The van der Waals surface area contributed by atoms with Crippen LogP contribution in [0.1, 0.15) is 13.8 Å². The Kier molecular flexibility index (Phi) is 6.78. The van der Waals surface area contributed by atoms with E-state index in [1.807, 2.05) is 19.9 Å². The van der Waals surface area contributed by atoms with E-state index in [0.717, 1.165) is 4.24 Å². The summed E-state index contributed by atoms with van der Waals surface area (Å²) >= 11 is 3.23. The number of nitriles is 4. The van der Waals surface area contributed by atoms with Gasteiger partial charge in [0.25, 0.3) is 0 Å². The molecule has 0 saturated carbocycles. The zero-order valence-corrected chi connectivity index (χ0v) is 14.0. The van der Waals surface area contributed by atoms with E-state index in [9.17, 15) is 5.26 Å². The summed E-state index contributed by atoms with van der Waals surface area (Å²) in [6.07, 6.45) is 4.62. The molecule has 1 aliphatic heterocycles. The van der Waals surface area contributed by atoms with Gasteiger partial charge < -0.3 is 5.73 Å². The van der Waals surface area contributed by atoms with Crippen molar-refractivity contribution >= 4 is 23.5 Å². The molecule has 23 heavy (non-hydrogen) atoms. The lowest BCUT2D eigenvalue weighted by atomic mass is 10.1. The number of nitrogens with two attached hydrogens (primary N) is 1. The monoisotopic (exact) mass is 337 g/mol. The fourth-order valence-corrected chi connectivity index (χ4v) is 3.75. The molecule has 1 aliphatic rings. The Morgan fingerprint density at radius 1 is 0.957 bits per heavy atom. The van der Waals surface area contributed by atoms with Gasteiger partial charge in [0.15, 0.2) is 5.57 Å². The van der Waals surface area contributed by atoms with Gasteiger partial charge in [-0.1, -0.05) is 23.5 Å². The summed E-state index contributed by atoms with van der Waals surface area (Å²) in [6, 6.07) is 7.00. The summed E-state index contributed by atoms with van der Waals surface area (Å²) in [6.45, 7) is 4.04. The molecule has 0 unspecified atom stereocenters. The van der Waals surface area contributed by atoms with Crippen molar-refractivity contribution in [2.75, 3.05) is 0 Å². The molecule has 0 spiro atoms. The molecule has 1 rings (SSSR count). The third kappa shape index (κ3) is 4.83. The van der Waals surface area contributed by atoms with Crippen LogP contribution >= 0.6 is 23.5 Å². The minimum absolute atomic E-state index is 0.0912. The van der Waals surface area contributed by atoms with Gasteiger partial charge in [0.05, 0.1) is 22.9 Å². The summed E-state index contributed by atoms with van der Waals surface area (Å²) < 4.78 is 1.03. The molecule has 1 heterocycles. The summed E-state index contributed by atoms with van der Waals surface area (Å²) in [5.74, 6) is 0. The molecule has 0 aromatic rings.